The Balaban J connectivity index is 0.00000217. The van der Waals surface area contributed by atoms with E-state index in [2.05, 4.69) is 163 Å². The molecule has 0 aliphatic rings. The number of allylic oxidation sites excluding steroid dienone is 4. The fourth-order valence-electron chi connectivity index (χ4n) is 7.51. The highest BCUT2D eigenvalue weighted by Crippen LogP contribution is 2.43. The van der Waals surface area contributed by atoms with Gasteiger partial charge in [-0.15, -0.1) is 0 Å². The lowest BCUT2D eigenvalue weighted by atomic mass is 9.98. The van der Waals surface area contributed by atoms with Gasteiger partial charge in [-0.05, 0) is 100 Å². The summed E-state index contributed by atoms with van der Waals surface area (Å²) in [5, 5.41) is 4.31. The van der Waals surface area contributed by atoms with Gasteiger partial charge < -0.3 is 13.7 Å². The summed E-state index contributed by atoms with van der Waals surface area (Å²) in [6.07, 6.45) is 5.57. The first-order chi connectivity index (χ1) is 27.6. The minimum Gasteiger partial charge on any atom is -0.487 e. The first kappa shape index (κ1) is 35.8. The van der Waals surface area contributed by atoms with Gasteiger partial charge in [0.25, 0.3) is 0 Å². The molecular weight excluding hydrogens is 685 g/mol. The summed E-state index contributed by atoms with van der Waals surface area (Å²) in [7, 11) is 0. The van der Waals surface area contributed by atoms with Gasteiger partial charge in [0.2, 0.25) is 0 Å². The van der Waals surface area contributed by atoms with E-state index in [4.69, 9.17) is 9.15 Å². The molecule has 2 heterocycles. The number of hydrogen-bond donors (Lipinski definition) is 0. The molecule has 0 aliphatic carbocycles. The summed E-state index contributed by atoms with van der Waals surface area (Å²) >= 11 is 0. The van der Waals surface area contributed by atoms with Crippen molar-refractivity contribution in [3.63, 3.8) is 0 Å². The Morgan fingerprint density at radius 2 is 1.29 bits per heavy atom. The molecule has 0 saturated carbocycles. The highest BCUT2D eigenvalue weighted by atomic mass is 16.5. The minimum atomic E-state index is 0.377. The second-order valence-electron chi connectivity index (χ2n) is 13.3. The topological polar surface area (TPSA) is 39.7 Å². The Kier molecular flexibility index (Phi) is 10.0. The fraction of sp³-hybridized carbons (Fsp3) is 0.0577. The van der Waals surface area contributed by atoms with Gasteiger partial charge in [0.1, 0.15) is 29.2 Å². The Hall–Kier alpha value is -7.17. The molecule has 272 valence electrons. The molecular formula is C52H42N2O2. The number of para-hydroxylation sites is 1. The Labute approximate surface area is 327 Å². The summed E-state index contributed by atoms with van der Waals surface area (Å²) < 4.78 is 15.0. The summed E-state index contributed by atoms with van der Waals surface area (Å²) in [5.74, 6) is 0.654. The van der Waals surface area contributed by atoms with Crippen LogP contribution in [-0.2, 0) is 6.61 Å². The zero-order valence-electron chi connectivity index (χ0n) is 31.7. The van der Waals surface area contributed by atoms with Crippen LogP contribution in [0.2, 0.25) is 0 Å². The van der Waals surface area contributed by atoms with Crippen LogP contribution in [0.5, 0.6) is 5.75 Å². The lowest BCUT2D eigenvalue weighted by Gasteiger charge is -2.12. The van der Waals surface area contributed by atoms with E-state index in [-0.39, 0.29) is 0 Å². The number of rotatable bonds is 10. The van der Waals surface area contributed by atoms with Gasteiger partial charge in [0, 0.05) is 21.8 Å². The van der Waals surface area contributed by atoms with Crippen molar-refractivity contribution in [3.8, 4) is 33.7 Å². The predicted molar refractivity (Wildman–Crippen MR) is 239 cm³/mol. The first-order valence-corrected chi connectivity index (χ1v) is 19.0. The van der Waals surface area contributed by atoms with Crippen molar-refractivity contribution in [3.05, 3.63) is 194 Å². The van der Waals surface area contributed by atoms with E-state index in [0.29, 0.717) is 18.0 Å². The van der Waals surface area contributed by atoms with Crippen LogP contribution in [0.25, 0.3) is 77.3 Å². The van der Waals surface area contributed by atoms with E-state index in [1.165, 1.54) is 32.9 Å². The van der Waals surface area contributed by atoms with Gasteiger partial charge >= 0.3 is 0 Å². The van der Waals surface area contributed by atoms with Gasteiger partial charge in [0.15, 0.2) is 0 Å². The third-order valence-electron chi connectivity index (χ3n) is 10.2. The maximum atomic E-state index is 6.45. The SMILES string of the molecule is C=C/C=C(\C=C)c1ccc(-c2ccc3oc4ccc(OCc5ccc(-n6c7ccccc7c7cc(-c8ccccc8)ccc76)cc5)c(N=C)c4c3c2)cc1.CC. The highest BCUT2D eigenvalue weighted by molar-refractivity contribution is 6.13. The van der Waals surface area contributed by atoms with E-state index in [1.54, 1.807) is 6.08 Å². The van der Waals surface area contributed by atoms with Gasteiger partial charge in [-0.25, -0.2) is 0 Å². The van der Waals surface area contributed by atoms with Gasteiger partial charge in [-0.1, -0.05) is 142 Å². The molecule has 0 saturated heterocycles. The number of ether oxygens (including phenoxy) is 1. The molecule has 0 fully saturated rings. The summed E-state index contributed by atoms with van der Waals surface area (Å²) in [4.78, 5) is 4.46. The first-order valence-electron chi connectivity index (χ1n) is 19.0. The molecule has 9 rings (SSSR count). The summed E-state index contributed by atoms with van der Waals surface area (Å²) in [6.45, 7) is 16.1. The van der Waals surface area contributed by atoms with E-state index in [1.807, 2.05) is 44.2 Å². The van der Waals surface area contributed by atoms with Crippen molar-refractivity contribution in [2.75, 3.05) is 0 Å². The van der Waals surface area contributed by atoms with Crippen molar-refractivity contribution in [1.82, 2.24) is 4.57 Å². The predicted octanol–water partition coefficient (Wildman–Crippen LogP) is 14.7. The molecule has 7 aromatic carbocycles. The molecule has 0 atom stereocenters. The molecule has 0 bridgehead atoms. The molecule has 0 spiro atoms. The number of aliphatic imine (C=N–C) groups is 1. The maximum Gasteiger partial charge on any atom is 0.146 e. The Bertz CT molecular complexity index is 2910. The average Bonchev–Trinajstić information content (AvgIpc) is 3.81. The van der Waals surface area contributed by atoms with Crippen molar-refractivity contribution < 1.29 is 9.15 Å². The molecule has 9 aromatic rings. The molecule has 2 aromatic heterocycles. The molecule has 56 heavy (non-hydrogen) atoms. The third kappa shape index (κ3) is 6.52. The largest absolute Gasteiger partial charge is 0.487 e. The van der Waals surface area contributed by atoms with E-state index < -0.39 is 0 Å². The van der Waals surface area contributed by atoms with Gasteiger partial charge in [-0.2, -0.15) is 0 Å². The average molecular weight is 727 g/mol. The van der Waals surface area contributed by atoms with Crippen molar-refractivity contribution in [2.45, 2.75) is 20.5 Å². The summed E-state index contributed by atoms with van der Waals surface area (Å²) in [6, 6.07) is 53.0. The lowest BCUT2D eigenvalue weighted by molar-refractivity contribution is 0.308. The molecule has 0 unspecified atom stereocenters. The van der Waals surface area contributed by atoms with Crippen molar-refractivity contribution in [2.24, 2.45) is 4.99 Å². The van der Waals surface area contributed by atoms with E-state index >= 15 is 0 Å². The van der Waals surface area contributed by atoms with Crippen molar-refractivity contribution >= 4 is 61.7 Å². The van der Waals surface area contributed by atoms with Crippen LogP contribution in [0.15, 0.2) is 192 Å². The van der Waals surface area contributed by atoms with Crippen LogP contribution in [-0.4, -0.2) is 11.3 Å². The quantitative estimate of drug-likeness (QED) is 0.104. The Morgan fingerprint density at radius 1 is 0.643 bits per heavy atom. The van der Waals surface area contributed by atoms with E-state index in [0.717, 1.165) is 55.5 Å². The molecule has 4 heteroatoms. The number of aromatic nitrogens is 1. The molecule has 0 amide bonds. The van der Waals surface area contributed by atoms with Crippen LogP contribution in [0, 0.1) is 0 Å². The zero-order valence-corrected chi connectivity index (χ0v) is 31.7. The normalized spacial score (nSPS) is 11.4. The van der Waals surface area contributed by atoms with Crippen LogP contribution < -0.4 is 4.74 Å². The number of benzene rings is 7. The van der Waals surface area contributed by atoms with Gasteiger partial charge in [-0.3, -0.25) is 4.99 Å². The van der Waals surface area contributed by atoms with Crippen LogP contribution in [0.4, 0.5) is 5.69 Å². The maximum absolute atomic E-state index is 6.45. The molecule has 4 nitrogen and oxygen atoms in total. The van der Waals surface area contributed by atoms with Crippen LogP contribution >= 0.6 is 0 Å². The minimum absolute atomic E-state index is 0.377. The zero-order chi connectivity index (χ0) is 38.6. The standard InChI is InChI=1S/C50H36N2O2.C2H6/c1-4-11-34(5-2)36-18-20-37(21-19-36)39-23-27-46-43(31-39)49-47(54-46)28-29-48(50(49)51-3)53-32-33-16-24-40(25-17-33)52-44-15-10-9-14-41(44)42-30-38(22-26-45(42)52)35-12-7-6-8-13-35;1-2/h4-31H,1-3,32H2;1-2H3/b34-11+;. The van der Waals surface area contributed by atoms with E-state index in [9.17, 15) is 0 Å². The van der Waals surface area contributed by atoms with Crippen LogP contribution in [0.3, 0.4) is 0 Å². The number of hydrogen-bond acceptors (Lipinski definition) is 3. The van der Waals surface area contributed by atoms with Crippen molar-refractivity contribution in [1.29, 1.82) is 0 Å². The molecule has 0 N–H and O–H groups in total. The lowest BCUT2D eigenvalue weighted by Crippen LogP contribution is -1.98. The van der Waals surface area contributed by atoms with Gasteiger partial charge in [0.05, 0.1) is 16.4 Å². The monoisotopic (exact) mass is 726 g/mol. The fourth-order valence-corrected chi connectivity index (χ4v) is 7.51. The smallest absolute Gasteiger partial charge is 0.146 e. The molecule has 0 aliphatic heterocycles. The second-order valence-corrected chi connectivity index (χ2v) is 13.3. The van der Waals surface area contributed by atoms with Crippen LogP contribution in [0.1, 0.15) is 25.0 Å². The molecule has 0 radical (unpaired) electrons. The number of fused-ring (bicyclic) bond motifs is 6. The highest BCUT2D eigenvalue weighted by Gasteiger charge is 2.17. The Morgan fingerprint density at radius 3 is 2.02 bits per heavy atom. The summed E-state index contributed by atoms with van der Waals surface area (Å²) in [5.41, 5.74) is 13.4. The third-order valence-corrected chi connectivity index (χ3v) is 10.2. The number of furan rings is 1. The second kappa shape index (κ2) is 15.7. The number of nitrogens with zero attached hydrogens (tertiary/aromatic N) is 2.